The van der Waals surface area contributed by atoms with Gasteiger partial charge in [0.25, 0.3) is 5.91 Å². The number of aryl methyl sites for hydroxylation is 2. The zero-order valence-corrected chi connectivity index (χ0v) is 26.3. The van der Waals surface area contributed by atoms with Gasteiger partial charge in [0, 0.05) is 49.1 Å². The molecule has 1 spiro atoms. The van der Waals surface area contributed by atoms with Crippen LogP contribution in [0.15, 0.2) is 43.5 Å². The van der Waals surface area contributed by atoms with Crippen LogP contribution in [0.25, 0.3) is 0 Å². The predicted molar refractivity (Wildman–Crippen MR) is 166 cm³/mol. The van der Waals surface area contributed by atoms with E-state index in [0.29, 0.717) is 26.1 Å². The van der Waals surface area contributed by atoms with Crippen molar-refractivity contribution in [1.29, 1.82) is 0 Å². The third-order valence-corrected chi connectivity index (χ3v) is 11.9. The van der Waals surface area contributed by atoms with Gasteiger partial charge >= 0.3 is 0 Å². The van der Waals surface area contributed by atoms with Crippen LogP contribution in [0.1, 0.15) is 43.2 Å². The van der Waals surface area contributed by atoms with E-state index in [-0.39, 0.29) is 34.4 Å². The molecule has 6 atom stereocenters. The van der Waals surface area contributed by atoms with Crippen molar-refractivity contribution in [1.82, 2.24) is 9.80 Å². The van der Waals surface area contributed by atoms with E-state index in [9.17, 15) is 19.5 Å². The number of likely N-dealkylation sites (tertiary alicyclic amines) is 1. The molecule has 4 rings (SSSR count). The van der Waals surface area contributed by atoms with Crippen molar-refractivity contribution in [2.24, 2.45) is 11.8 Å². The molecule has 1 aromatic rings. The van der Waals surface area contributed by atoms with Gasteiger partial charge in [-0.05, 0) is 44.2 Å². The number of carbonyl (C=O) groups is 3. The second kappa shape index (κ2) is 12.8. The molecule has 3 aliphatic rings. The van der Waals surface area contributed by atoms with Crippen molar-refractivity contribution in [3.8, 4) is 0 Å². The molecule has 2 bridgehead atoms. The lowest BCUT2D eigenvalue weighted by Crippen LogP contribution is -2.56. The van der Waals surface area contributed by atoms with E-state index in [0.717, 1.165) is 42.5 Å². The van der Waals surface area contributed by atoms with E-state index in [1.807, 2.05) is 32.0 Å². The largest absolute Gasteiger partial charge is 0.396 e. The maximum Gasteiger partial charge on any atom is 0.251 e. The van der Waals surface area contributed by atoms with Crippen LogP contribution in [-0.2, 0) is 14.4 Å². The number of likely N-dealkylation sites (N-methyl/N-ethyl adjacent to an activating group) is 1. The Balaban J connectivity index is 1.77. The number of amides is 3. The highest BCUT2D eigenvalue weighted by molar-refractivity contribution is 9.09. The van der Waals surface area contributed by atoms with Gasteiger partial charge in [-0.1, -0.05) is 59.1 Å². The third kappa shape index (κ3) is 5.29. The molecule has 0 aliphatic carbocycles. The van der Waals surface area contributed by atoms with Crippen LogP contribution in [0.2, 0.25) is 0 Å². The molecular weight excluding hydrogens is 590 g/mol. The maximum absolute atomic E-state index is 14.8. The van der Waals surface area contributed by atoms with Crippen LogP contribution in [0, 0.1) is 25.7 Å². The van der Waals surface area contributed by atoms with Gasteiger partial charge in [0.15, 0.2) is 0 Å². The van der Waals surface area contributed by atoms with Crippen LogP contribution in [0.5, 0.6) is 0 Å². The second-order valence-electron chi connectivity index (χ2n) is 11.3. The smallest absolute Gasteiger partial charge is 0.251 e. The summed E-state index contributed by atoms with van der Waals surface area (Å²) in [5.74, 6) is -1.30. The molecule has 3 saturated heterocycles. The van der Waals surface area contributed by atoms with Crippen LogP contribution in [-0.4, -0.2) is 86.8 Å². The number of hydrogen-bond donors (Lipinski definition) is 1. The molecule has 0 radical (unpaired) electrons. The Kier molecular flexibility index (Phi) is 9.89. The number of alkyl halides is 1. The van der Waals surface area contributed by atoms with Crippen molar-refractivity contribution in [2.45, 2.75) is 66.8 Å². The number of hydrogen-bond acceptors (Lipinski definition) is 5. The van der Waals surface area contributed by atoms with E-state index in [1.54, 1.807) is 45.7 Å². The van der Waals surface area contributed by atoms with E-state index in [4.69, 9.17) is 0 Å². The van der Waals surface area contributed by atoms with Gasteiger partial charge in [0.05, 0.1) is 16.6 Å². The Hall–Kier alpha value is -2.10. The number of thioether (sulfide) groups is 1. The van der Waals surface area contributed by atoms with Gasteiger partial charge < -0.3 is 19.8 Å². The monoisotopic (exact) mass is 631 g/mol. The zero-order chi connectivity index (χ0) is 29.2. The summed E-state index contributed by atoms with van der Waals surface area (Å²) in [5, 5.41) is 9.12. The van der Waals surface area contributed by atoms with Gasteiger partial charge in [-0.25, -0.2) is 0 Å². The quantitative estimate of drug-likeness (QED) is 0.197. The van der Waals surface area contributed by atoms with E-state index in [2.05, 4.69) is 29.1 Å². The van der Waals surface area contributed by atoms with Crippen molar-refractivity contribution in [3.05, 3.63) is 54.6 Å². The number of aliphatic hydroxyl groups excluding tert-OH is 1. The first-order chi connectivity index (χ1) is 19.1. The fraction of sp³-hybridized carbons (Fsp3) is 0.581. The molecule has 1 aromatic carbocycles. The molecule has 218 valence electrons. The summed E-state index contributed by atoms with van der Waals surface area (Å²) in [4.78, 5) is 48.1. The number of anilines is 1. The van der Waals surface area contributed by atoms with Crippen molar-refractivity contribution < 1.29 is 19.5 Å². The van der Waals surface area contributed by atoms with Gasteiger partial charge in [0.2, 0.25) is 11.8 Å². The third-order valence-electron chi connectivity index (χ3n) is 8.68. The number of rotatable bonds is 13. The highest BCUT2D eigenvalue weighted by Gasteiger charge is 2.76. The molecule has 7 nitrogen and oxygen atoms in total. The maximum atomic E-state index is 14.8. The van der Waals surface area contributed by atoms with Crippen molar-refractivity contribution in [3.63, 3.8) is 0 Å². The first-order valence-electron chi connectivity index (χ1n) is 14.2. The summed E-state index contributed by atoms with van der Waals surface area (Å²) >= 11 is 5.52. The molecule has 1 N–H and O–H groups in total. The van der Waals surface area contributed by atoms with Gasteiger partial charge in [-0.2, -0.15) is 0 Å². The summed E-state index contributed by atoms with van der Waals surface area (Å²) in [6.07, 6.45) is 7.26. The number of benzene rings is 1. The number of unbranched alkanes of at least 4 members (excludes halogenated alkanes) is 3. The van der Waals surface area contributed by atoms with Crippen LogP contribution >= 0.6 is 27.7 Å². The number of para-hydroxylation sites is 1. The van der Waals surface area contributed by atoms with Crippen molar-refractivity contribution >= 4 is 51.1 Å². The summed E-state index contributed by atoms with van der Waals surface area (Å²) in [6.45, 7) is 13.1. The zero-order valence-electron chi connectivity index (χ0n) is 23.9. The molecule has 3 fully saturated rings. The summed E-state index contributed by atoms with van der Waals surface area (Å²) in [7, 11) is 1.75. The number of fused-ring (bicyclic) bond motifs is 1. The number of halogens is 1. The minimum absolute atomic E-state index is 0.0282. The highest BCUT2D eigenvalue weighted by Crippen LogP contribution is 2.68. The molecule has 3 heterocycles. The van der Waals surface area contributed by atoms with E-state index < -0.39 is 22.6 Å². The first-order valence-corrected chi connectivity index (χ1v) is 16.0. The Labute approximate surface area is 251 Å². The molecule has 3 unspecified atom stereocenters. The highest BCUT2D eigenvalue weighted by atomic mass is 79.9. The molecule has 3 aliphatic heterocycles. The minimum Gasteiger partial charge on any atom is -0.396 e. The van der Waals surface area contributed by atoms with E-state index >= 15 is 0 Å². The van der Waals surface area contributed by atoms with Gasteiger partial charge in [0.1, 0.15) is 6.04 Å². The number of carbonyl (C=O) groups excluding carboxylic acids is 3. The Morgan fingerprint density at radius 1 is 1.12 bits per heavy atom. The topological polar surface area (TPSA) is 81.2 Å². The van der Waals surface area contributed by atoms with Gasteiger partial charge in [-0.3, -0.25) is 14.4 Å². The van der Waals surface area contributed by atoms with E-state index in [1.165, 1.54) is 0 Å². The normalized spacial score (nSPS) is 28.5. The first kappa shape index (κ1) is 30.8. The summed E-state index contributed by atoms with van der Waals surface area (Å²) in [6, 6.07) is 5.30. The van der Waals surface area contributed by atoms with Crippen LogP contribution < -0.4 is 4.90 Å². The lowest BCUT2D eigenvalue weighted by atomic mass is 9.70. The summed E-state index contributed by atoms with van der Waals surface area (Å²) in [5.41, 5.74) is 2.84. The molecule has 0 saturated carbocycles. The molecule has 40 heavy (non-hydrogen) atoms. The lowest BCUT2D eigenvalue weighted by molar-refractivity contribution is -0.143. The summed E-state index contributed by atoms with van der Waals surface area (Å²) < 4.78 is -0.691. The average Bonchev–Trinajstić information content (AvgIpc) is 3.50. The number of aliphatic hydroxyl groups is 1. The molecule has 9 heteroatoms. The molecular formula is C31H42BrN3O4S. The Morgan fingerprint density at radius 2 is 1.77 bits per heavy atom. The lowest BCUT2D eigenvalue weighted by Gasteiger charge is -2.38. The minimum atomic E-state index is -0.691. The van der Waals surface area contributed by atoms with Gasteiger partial charge in [-0.15, -0.1) is 24.9 Å². The fourth-order valence-electron chi connectivity index (χ4n) is 7.02. The van der Waals surface area contributed by atoms with Crippen LogP contribution in [0.4, 0.5) is 5.69 Å². The second-order valence-corrected chi connectivity index (χ2v) is 14.0. The molecule has 3 amide bonds. The van der Waals surface area contributed by atoms with Crippen molar-refractivity contribution in [2.75, 3.05) is 38.2 Å². The molecule has 0 aromatic heterocycles. The SMILES string of the molecule is C=CCN(C)C(=O)[C@H]1[C@@H]2SC3(CC2Br)C(C(=O)N(CC=C)c2c(C)cccc2C)N(CCCCCCO)C(=O)[C@H]13. The predicted octanol–water partition coefficient (Wildman–Crippen LogP) is 4.48. The Morgan fingerprint density at radius 3 is 2.40 bits per heavy atom. The van der Waals surface area contributed by atoms with Crippen LogP contribution in [0.3, 0.4) is 0 Å². The fourth-order valence-corrected chi connectivity index (χ4v) is 10.6. The average molecular weight is 633 g/mol. The Bertz CT molecular complexity index is 1140. The standard InChI is InChI=1S/C31H42BrN3O4S/c1-6-15-33(5)28(37)23-24-29(38)35(17-10-8-9-11-18-36)27(31(24)19-22(32)26(23)40-31)30(39)34(16-7-2)25-20(3)13-12-14-21(25)4/h6-7,12-14,22-24,26-27,36H,1-2,8-11,15-19H2,3-5H3/t22?,23-,24+,26-,27?,31?/m1/s1. The number of nitrogens with zero attached hydrogens (tertiary/aromatic N) is 3.